The Labute approximate surface area is 165 Å². The van der Waals surface area contributed by atoms with Crippen LogP contribution < -0.4 is 10.2 Å². The molecule has 2 aromatic rings. The van der Waals surface area contributed by atoms with E-state index in [0.29, 0.717) is 17.4 Å². The second-order valence-corrected chi connectivity index (χ2v) is 8.36. The van der Waals surface area contributed by atoms with Crippen LogP contribution in [0.25, 0.3) is 0 Å². The number of pyridine rings is 1. The van der Waals surface area contributed by atoms with Crippen molar-refractivity contribution in [2.45, 2.75) is 36.8 Å². The highest BCUT2D eigenvalue weighted by atomic mass is 35.5. The third-order valence-corrected chi connectivity index (χ3v) is 6.49. The summed E-state index contributed by atoms with van der Waals surface area (Å²) < 4.78 is 0. The van der Waals surface area contributed by atoms with Gasteiger partial charge in [0, 0.05) is 11.7 Å². The maximum Gasteiger partial charge on any atom is 0.323 e. The average molecular weight is 385 g/mol. The molecular formula is C21H25ClN4O. The number of rotatable bonds is 3. The monoisotopic (exact) mass is 384 g/mol. The summed E-state index contributed by atoms with van der Waals surface area (Å²) in [5, 5.41) is 3.83. The lowest BCUT2D eigenvalue weighted by Gasteiger charge is -2.48. The average Bonchev–Trinajstić information content (AvgIpc) is 3.00. The highest BCUT2D eigenvalue weighted by Crippen LogP contribution is 2.46. The lowest BCUT2D eigenvalue weighted by molar-refractivity contribution is 0.0657. The highest BCUT2D eigenvalue weighted by molar-refractivity contribution is 6.30. The number of benzene rings is 1. The fraction of sp³-hybridized carbons (Fsp3) is 0.429. The van der Waals surface area contributed by atoms with Gasteiger partial charge in [-0.25, -0.2) is 9.78 Å². The minimum Gasteiger partial charge on any atom is -0.330 e. The zero-order chi connectivity index (χ0) is 19.1. The van der Waals surface area contributed by atoms with Crippen LogP contribution >= 0.6 is 11.6 Å². The first-order chi connectivity index (χ1) is 12.9. The zero-order valence-electron chi connectivity index (χ0n) is 15.8. The van der Waals surface area contributed by atoms with Gasteiger partial charge in [0.05, 0.1) is 17.1 Å². The molecule has 1 saturated carbocycles. The molecule has 2 aliphatic rings. The van der Waals surface area contributed by atoms with E-state index in [2.05, 4.69) is 59.6 Å². The van der Waals surface area contributed by atoms with Crippen LogP contribution in [0.5, 0.6) is 0 Å². The zero-order valence-corrected chi connectivity index (χ0v) is 16.5. The second kappa shape index (κ2) is 6.80. The van der Waals surface area contributed by atoms with E-state index in [1.165, 1.54) is 5.56 Å². The molecule has 1 aromatic heterocycles. The van der Waals surface area contributed by atoms with Gasteiger partial charge in [-0.3, -0.25) is 9.80 Å². The van der Waals surface area contributed by atoms with Gasteiger partial charge in [0.15, 0.2) is 0 Å². The molecule has 1 N–H and O–H groups in total. The Morgan fingerprint density at radius 3 is 2.37 bits per heavy atom. The topological polar surface area (TPSA) is 48.5 Å². The number of carbonyl (C=O) groups excluding carboxylic acids is 1. The van der Waals surface area contributed by atoms with Gasteiger partial charge in [0.25, 0.3) is 0 Å². The van der Waals surface area contributed by atoms with Crippen LogP contribution in [0, 0.1) is 0 Å². The first-order valence-electron chi connectivity index (χ1n) is 9.38. The first-order valence-corrected chi connectivity index (χ1v) is 9.76. The number of amides is 2. The third-order valence-electron chi connectivity index (χ3n) is 6.27. The number of anilines is 1. The van der Waals surface area contributed by atoms with Gasteiger partial charge in [-0.1, -0.05) is 41.9 Å². The van der Waals surface area contributed by atoms with Gasteiger partial charge < -0.3 is 5.32 Å². The number of urea groups is 1. The Kier molecular flexibility index (Phi) is 4.60. The molecule has 5 nitrogen and oxygen atoms in total. The molecule has 1 aromatic carbocycles. The Morgan fingerprint density at radius 2 is 1.78 bits per heavy atom. The number of nitrogens with one attached hydrogen (secondary N) is 1. The predicted molar refractivity (Wildman–Crippen MR) is 108 cm³/mol. The molecule has 1 aliphatic heterocycles. The van der Waals surface area contributed by atoms with Gasteiger partial charge >= 0.3 is 6.03 Å². The summed E-state index contributed by atoms with van der Waals surface area (Å²) in [5.41, 5.74) is 1.18. The number of hydrogen-bond donors (Lipinski definition) is 1. The van der Waals surface area contributed by atoms with Crippen LogP contribution in [0.4, 0.5) is 10.6 Å². The summed E-state index contributed by atoms with van der Waals surface area (Å²) in [6.45, 7) is 0.652. The summed E-state index contributed by atoms with van der Waals surface area (Å²) in [4.78, 5) is 21.0. The van der Waals surface area contributed by atoms with E-state index in [1.807, 2.05) is 0 Å². The van der Waals surface area contributed by atoms with Crippen LogP contribution in [0.2, 0.25) is 5.02 Å². The Hall–Kier alpha value is -2.11. The Bertz CT molecular complexity index is 814. The molecule has 6 heteroatoms. The standard InChI is InChI=1S/C21H25ClN4O/c1-25(2)21(16-6-4-3-5-7-16)12-10-20(11-13-21)15-26(19(27)24-20)18-9-8-17(22)14-23-18/h3-9,14H,10-13,15H2,1-2H3,(H,24,27). The van der Waals surface area contributed by atoms with Crippen LogP contribution in [0.1, 0.15) is 31.2 Å². The molecule has 27 heavy (non-hydrogen) atoms. The molecule has 1 aliphatic carbocycles. The SMILES string of the molecule is CN(C)C1(c2ccccc2)CCC2(CC1)CN(c1ccc(Cl)cn1)C(=O)N2. The third kappa shape index (κ3) is 3.19. The molecule has 2 heterocycles. The van der Waals surface area contributed by atoms with Crippen molar-refractivity contribution < 1.29 is 4.79 Å². The summed E-state index contributed by atoms with van der Waals surface area (Å²) in [7, 11) is 4.31. The highest BCUT2D eigenvalue weighted by Gasteiger charge is 2.50. The van der Waals surface area contributed by atoms with Crippen LogP contribution in [-0.4, -0.2) is 42.1 Å². The van der Waals surface area contributed by atoms with Gasteiger partial charge in [0.2, 0.25) is 0 Å². The lowest BCUT2D eigenvalue weighted by Crippen LogP contribution is -2.54. The van der Waals surface area contributed by atoms with Crippen molar-refractivity contribution in [2.24, 2.45) is 0 Å². The molecule has 1 spiro atoms. The fourth-order valence-electron chi connectivity index (χ4n) is 4.59. The van der Waals surface area contributed by atoms with E-state index in [0.717, 1.165) is 25.7 Å². The molecule has 1 saturated heterocycles. The quantitative estimate of drug-likeness (QED) is 0.868. The first kappa shape index (κ1) is 18.3. The summed E-state index contributed by atoms with van der Waals surface area (Å²) >= 11 is 5.93. The van der Waals surface area contributed by atoms with Crippen molar-refractivity contribution in [3.8, 4) is 0 Å². The minimum atomic E-state index is -0.188. The smallest absolute Gasteiger partial charge is 0.323 e. The second-order valence-electron chi connectivity index (χ2n) is 7.92. The van der Waals surface area contributed by atoms with Crippen molar-refractivity contribution in [2.75, 3.05) is 25.5 Å². The Morgan fingerprint density at radius 1 is 1.07 bits per heavy atom. The number of hydrogen-bond acceptors (Lipinski definition) is 3. The lowest BCUT2D eigenvalue weighted by atomic mass is 9.69. The van der Waals surface area contributed by atoms with Gasteiger partial charge in [-0.15, -0.1) is 0 Å². The van der Waals surface area contributed by atoms with E-state index < -0.39 is 0 Å². The molecule has 0 bridgehead atoms. The summed E-state index contributed by atoms with van der Waals surface area (Å²) in [6, 6.07) is 14.2. The maximum absolute atomic E-state index is 12.6. The molecular weight excluding hydrogens is 360 g/mol. The van der Waals surface area contributed by atoms with E-state index in [9.17, 15) is 4.79 Å². The number of aromatic nitrogens is 1. The van der Waals surface area contributed by atoms with E-state index in [4.69, 9.17) is 11.6 Å². The van der Waals surface area contributed by atoms with Crippen LogP contribution in [0.3, 0.4) is 0 Å². The molecule has 2 fully saturated rings. The van der Waals surface area contributed by atoms with E-state index in [1.54, 1.807) is 23.2 Å². The van der Waals surface area contributed by atoms with Crippen molar-refractivity contribution in [1.29, 1.82) is 0 Å². The molecule has 4 rings (SSSR count). The van der Waals surface area contributed by atoms with Crippen LogP contribution in [0.15, 0.2) is 48.7 Å². The van der Waals surface area contributed by atoms with Gasteiger partial charge in [0.1, 0.15) is 5.82 Å². The van der Waals surface area contributed by atoms with Crippen molar-refractivity contribution in [3.05, 3.63) is 59.2 Å². The molecule has 142 valence electrons. The molecule has 0 unspecified atom stereocenters. The minimum absolute atomic E-state index is 0.0170. The summed E-state index contributed by atoms with van der Waals surface area (Å²) in [6.07, 6.45) is 5.48. The van der Waals surface area contributed by atoms with Crippen molar-refractivity contribution in [1.82, 2.24) is 15.2 Å². The number of carbonyl (C=O) groups is 1. The Balaban J connectivity index is 1.54. The van der Waals surface area contributed by atoms with Crippen LogP contribution in [-0.2, 0) is 5.54 Å². The maximum atomic E-state index is 12.6. The van der Waals surface area contributed by atoms with E-state index >= 15 is 0 Å². The number of halogens is 1. The number of nitrogens with zero attached hydrogens (tertiary/aromatic N) is 3. The van der Waals surface area contributed by atoms with Gasteiger partial charge in [-0.2, -0.15) is 0 Å². The fourth-order valence-corrected chi connectivity index (χ4v) is 4.70. The summed E-state index contributed by atoms with van der Waals surface area (Å²) in [5.74, 6) is 0.654. The molecule has 0 radical (unpaired) electrons. The van der Waals surface area contributed by atoms with Crippen molar-refractivity contribution in [3.63, 3.8) is 0 Å². The normalized spacial score (nSPS) is 28.0. The predicted octanol–water partition coefficient (Wildman–Crippen LogP) is 4.03. The molecule has 2 amide bonds. The largest absolute Gasteiger partial charge is 0.330 e. The van der Waals surface area contributed by atoms with E-state index in [-0.39, 0.29) is 17.1 Å². The molecule has 0 atom stereocenters. The van der Waals surface area contributed by atoms with Gasteiger partial charge in [-0.05, 0) is 57.5 Å². The van der Waals surface area contributed by atoms with Crippen molar-refractivity contribution >= 4 is 23.4 Å².